The van der Waals surface area contributed by atoms with Crippen LogP contribution in [0.15, 0.2) is 146 Å². The van der Waals surface area contributed by atoms with E-state index in [4.69, 9.17) is 14.2 Å². The van der Waals surface area contributed by atoms with Crippen molar-refractivity contribution in [1.29, 1.82) is 0 Å². The maximum Gasteiger partial charge on any atom is 0.306 e. The van der Waals surface area contributed by atoms with Gasteiger partial charge in [0.1, 0.15) is 13.2 Å². The first-order chi connectivity index (χ1) is 41.0. The van der Waals surface area contributed by atoms with Crippen LogP contribution in [0, 0.1) is 0 Å². The molecule has 0 N–H and O–H groups in total. The Balaban J connectivity index is 4.36. The van der Waals surface area contributed by atoms with E-state index < -0.39 is 6.10 Å². The molecule has 0 fully saturated rings. The van der Waals surface area contributed by atoms with Gasteiger partial charge in [0.25, 0.3) is 0 Å². The molecule has 6 heteroatoms. The largest absolute Gasteiger partial charge is 0.462 e. The van der Waals surface area contributed by atoms with E-state index in [-0.39, 0.29) is 31.1 Å². The number of allylic oxidation sites excluding steroid dienone is 24. The Hall–Kier alpha value is -4.71. The Kier molecular flexibility index (Phi) is 65.8. The summed E-state index contributed by atoms with van der Waals surface area (Å²) in [6.45, 7) is 6.39. The molecule has 0 rings (SSSR count). The SMILES string of the molecule is CC/C=C\C/C=C\C/C=C\C/C=C\C/C=C\C/C=C\C/C=C\C/C=C\CCCCCCCCC(=O)OCC(COC(=O)CCCCC/C=C\C/C=C\C/C=C\CC)OC(=O)CCCCCCCCCCC/C=C\CCCCCCCCCC. The molecule has 0 saturated heterocycles. The third kappa shape index (κ3) is 68.0. The first kappa shape index (κ1) is 78.3. The van der Waals surface area contributed by atoms with Crippen molar-refractivity contribution in [3.05, 3.63) is 146 Å². The molecule has 0 aliphatic heterocycles. The van der Waals surface area contributed by atoms with Gasteiger partial charge in [-0.2, -0.15) is 0 Å². The number of unbranched alkanes of at least 4 members (excludes halogenated alkanes) is 26. The van der Waals surface area contributed by atoms with E-state index >= 15 is 0 Å². The molecule has 0 heterocycles. The summed E-state index contributed by atoms with van der Waals surface area (Å²) < 4.78 is 16.9. The zero-order valence-corrected chi connectivity index (χ0v) is 53.9. The molecule has 0 aromatic rings. The molecule has 0 bridgehead atoms. The van der Waals surface area contributed by atoms with Crippen molar-refractivity contribution >= 4 is 17.9 Å². The zero-order chi connectivity index (χ0) is 59.9. The van der Waals surface area contributed by atoms with Crippen molar-refractivity contribution in [2.75, 3.05) is 13.2 Å². The second-order valence-electron chi connectivity index (χ2n) is 22.3. The minimum absolute atomic E-state index is 0.100. The molecule has 0 aromatic heterocycles. The number of ether oxygens (including phenoxy) is 3. The lowest BCUT2D eigenvalue weighted by molar-refractivity contribution is -0.167. The predicted octanol–water partition coefficient (Wildman–Crippen LogP) is 23.9. The molecule has 0 aromatic carbocycles. The fraction of sp³-hybridized carbons (Fsp3) is 0.649. The van der Waals surface area contributed by atoms with Crippen LogP contribution in [0.25, 0.3) is 0 Å². The second-order valence-corrected chi connectivity index (χ2v) is 22.3. The van der Waals surface area contributed by atoms with E-state index in [1.54, 1.807) is 0 Å². The van der Waals surface area contributed by atoms with Gasteiger partial charge >= 0.3 is 17.9 Å². The van der Waals surface area contributed by atoms with Gasteiger partial charge in [0, 0.05) is 19.3 Å². The van der Waals surface area contributed by atoms with Crippen LogP contribution in [0.5, 0.6) is 0 Å². The van der Waals surface area contributed by atoms with Crippen LogP contribution >= 0.6 is 0 Å². The van der Waals surface area contributed by atoms with E-state index in [1.807, 2.05) is 0 Å². The minimum atomic E-state index is -0.805. The highest BCUT2D eigenvalue weighted by atomic mass is 16.6. The first-order valence-corrected chi connectivity index (χ1v) is 34.3. The summed E-state index contributed by atoms with van der Waals surface area (Å²) in [6.07, 6.45) is 100. The average Bonchev–Trinajstić information content (AvgIpc) is 3.49. The van der Waals surface area contributed by atoms with Crippen LogP contribution in [0.1, 0.15) is 303 Å². The third-order valence-corrected chi connectivity index (χ3v) is 14.3. The smallest absolute Gasteiger partial charge is 0.306 e. The predicted molar refractivity (Wildman–Crippen MR) is 362 cm³/mol. The molecule has 0 spiro atoms. The summed E-state index contributed by atoms with van der Waals surface area (Å²) in [6, 6.07) is 0. The number of carbonyl (C=O) groups excluding carboxylic acids is 3. The molecule has 0 aliphatic rings. The summed E-state index contributed by atoms with van der Waals surface area (Å²) in [5.74, 6) is -0.942. The fourth-order valence-electron chi connectivity index (χ4n) is 9.23. The van der Waals surface area contributed by atoms with E-state index in [9.17, 15) is 14.4 Å². The first-order valence-electron chi connectivity index (χ1n) is 34.3. The maximum atomic E-state index is 12.9. The summed E-state index contributed by atoms with van der Waals surface area (Å²) >= 11 is 0. The number of carbonyl (C=O) groups is 3. The van der Waals surface area contributed by atoms with Gasteiger partial charge in [0.2, 0.25) is 0 Å². The lowest BCUT2D eigenvalue weighted by Gasteiger charge is -2.18. The van der Waals surface area contributed by atoms with Gasteiger partial charge in [0.15, 0.2) is 6.10 Å². The van der Waals surface area contributed by atoms with Gasteiger partial charge in [0.05, 0.1) is 0 Å². The van der Waals surface area contributed by atoms with Gasteiger partial charge in [-0.3, -0.25) is 14.4 Å². The number of hydrogen-bond acceptors (Lipinski definition) is 6. The number of esters is 3. The van der Waals surface area contributed by atoms with E-state index in [0.717, 1.165) is 148 Å². The van der Waals surface area contributed by atoms with Crippen LogP contribution in [-0.2, 0) is 28.6 Å². The molecule has 83 heavy (non-hydrogen) atoms. The van der Waals surface area contributed by atoms with Crippen LogP contribution in [0.4, 0.5) is 0 Å². The van der Waals surface area contributed by atoms with Gasteiger partial charge in [-0.25, -0.2) is 0 Å². The van der Waals surface area contributed by atoms with Crippen LogP contribution in [-0.4, -0.2) is 37.2 Å². The Morgan fingerprint density at radius 1 is 0.253 bits per heavy atom. The van der Waals surface area contributed by atoms with Crippen molar-refractivity contribution in [2.45, 2.75) is 309 Å². The van der Waals surface area contributed by atoms with Crippen molar-refractivity contribution < 1.29 is 28.6 Å². The lowest BCUT2D eigenvalue weighted by Crippen LogP contribution is -2.30. The Morgan fingerprint density at radius 2 is 0.470 bits per heavy atom. The van der Waals surface area contributed by atoms with Crippen molar-refractivity contribution in [2.24, 2.45) is 0 Å². The van der Waals surface area contributed by atoms with Crippen molar-refractivity contribution in [1.82, 2.24) is 0 Å². The molecule has 6 nitrogen and oxygen atoms in total. The average molecular weight is 1150 g/mol. The van der Waals surface area contributed by atoms with Crippen LogP contribution < -0.4 is 0 Å². The Morgan fingerprint density at radius 3 is 0.759 bits per heavy atom. The van der Waals surface area contributed by atoms with Gasteiger partial charge in [-0.15, -0.1) is 0 Å². The zero-order valence-electron chi connectivity index (χ0n) is 53.9. The molecule has 1 unspecified atom stereocenters. The highest BCUT2D eigenvalue weighted by molar-refractivity contribution is 5.71. The second kappa shape index (κ2) is 69.8. The molecule has 0 saturated carbocycles. The normalized spacial score (nSPS) is 13.0. The monoisotopic (exact) mass is 1150 g/mol. The molecule has 0 amide bonds. The molecule has 0 aliphatic carbocycles. The van der Waals surface area contributed by atoms with E-state index in [2.05, 4.69) is 167 Å². The highest BCUT2D eigenvalue weighted by Crippen LogP contribution is 2.15. The van der Waals surface area contributed by atoms with E-state index in [0.29, 0.717) is 19.3 Å². The molecular formula is C77H126O6. The number of rotatable bonds is 61. The van der Waals surface area contributed by atoms with Crippen LogP contribution in [0.2, 0.25) is 0 Å². The molecule has 1 atom stereocenters. The maximum absolute atomic E-state index is 12.9. The van der Waals surface area contributed by atoms with Gasteiger partial charge in [-0.1, -0.05) is 289 Å². The minimum Gasteiger partial charge on any atom is -0.462 e. The molecular weight excluding hydrogens is 1020 g/mol. The quantitative estimate of drug-likeness (QED) is 0.0261. The lowest BCUT2D eigenvalue weighted by atomic mass is 10.1. The summed E-state index contributed by atoms with van der Waals surface area (Å²) in [5.41, 5.74) is 0. The van der Waals surface area contributed by atoms with Crippen LogP contribution in [0.3, 0.4) is 0 Å². The summed E-state index contributed by atoms with van der Waals surface area (Å²) in [5, 5.41) is 0. The van der Waals surface area contributed by atoms with E-state index in [1.165, 1.54) is 116 Å². The van der Waals surface area contributed by atoms with Gasteiger partial charge in [-0.05, 0) is 141 Å². The summed E-state index contributed by atoms with van der Waals surface area (Å²) in [4.78, 5) is 38.4. The highest BCUT2D eigenvalue weighted by Gasteiger charge is 2.19. The fourth-order valence-corrected chi connectivity index (χ4v) is 9.23. The molecule has 470 valence electrons. The Bertz CT molecular complexity index is 1800. The summed E-state index contributed by atoms with van der Waals surface area (Å²) in [7, 11) is 0. The topological polar surface area (TPSA) is 78.9 Å². The van der Waals surface area contributed by atoms with Gasteiger partial charge < -0.3 is 14.2 Å². The Labute approximate surface area is 512 Å². The number of hydrogen-bond donors (Lipinski definition) is 0. The standard InChI is InChI=1S/C77H126O6/c1-4-7-10-13-16-19-22-25-27-29-31-33-34-35-36-37-38-39-40-41-42-44-45-47-49-52-55-58-61-64-67-70-76(79)82-73-74(72-81-75(78)69-66-63-60-57-54-51-24-21-18-15-12-9-6-3)83-77(80)71-68-65-62-59-56-53-50-48-46-43-32-30-28-26-23-20-17-14-11-8-5-2/h7,9-10,12,16,18-19,21,25,27,30-33,35-36,38-39,41-42,45,47,51,54,74H,4-6,8,11,13-15,17,20,22-24,26,28-29,34,37,40,43-44,46,48-50,52-53,55-73H2,1-3H3/b10-7-,12-9-,19-16-,21-18-,27-25-,32-30-,33-31-,36-35-,39-38-,42-41-,47-45-,54-51-. The third-order valence-electron chi connectivity index (χ3n) is 14.3. The van der Waals surface area contributed by atoms with Crippen molar-refractivity contribution in [3.63, 3.8) is 0 Å². The molecule has 0 radical (unpaired) electrons. The van der Waals surface area contributed by atoms with Crippen molar-refractivity contribution in [3.8, 4) is 0 Å².